The number of hydrogen-bond donors (Lipinski definition) is 0. The lowest BCUT2D eigenvalue weighted by Gasteiger charge is -2.30. The smallest absolute Gasteiger partial charge is 0.120 e. The van der Waals surface area contributed by atoms with Crippen molar-refractivity contribution in [2.45, 2.75) is 0 Å². The van der Waals surface area contributed by atoms with Gasteiger partial charge in [-0.05, 0) is 146 Å². The quantitative estimate of drug-likeness (QED) is 0.0952. The molecule has 9 rings (SSSR count). The molecule has 0 N–H and O–H groups in total. The van der Waals surface area contributed by atoms with Gasteiger partial charge in [0.15, 0.2) is 0 Å². The number of hydrogen-bond acceptors (Lipinski definition) is 8. The number of nitrogens with zero attached hydrogens (tertiary/aromatic N) is 4. The molecule has 0 unspecified atom stereocenters. The minimum absolute atomic E-state index is 0.777. The Morgan fingerprint density at radius 1 is 0.197 bits per heavy atom. The topological polar surface area (TPSA) is 49.9 Å². The SMILES string of the molecule is COc1cccc(N(c2ccc(N(c3ccccc3)c3ccc(N(c4ccccc4)c4ccc(N(c5cccc(OC)c5)c5cccc(OC)c5)cc4)cc3)cc2)c2cccc(OC)c2)c1. The normalized spacial score (nSPS) is 10.7. The van der Waals surface area contributed by atoms with E-state index in [9.17, 15) is 0 Å². The largest absolute Gasteiger partial charge is 0.497 e. The molecule has 0 spiro atoms. The monoisotopic (exact) mass is 866 g/mol. The lowest BCUT2D eigenvalue weighted by molar-refractivity contribution is 0.414. The summed E-state index contributed by atoms with van der Waals surface area (Å²) in [4.78, 5) is 8.97. The first-order valence-electron chi connectivity index (χ1n) is 21.7. The Morgan fingerprint density at radius 2 is 0.379 bits per heavy atom. The predicted molar refractivity (Wildman–Crippen MR) is 271 cm³/mol. The third kappa shape index (κ3) is 9.21. The maximum absolute atomic E-state index is 5.63. The molecule has 8 heteroatoms. The van der Waals surface area contributed by atoms with Crippen molar-refractivity contribution < 1.29 is 18.9 Å². The maximum atomic E-state index is 5.63. The van der Waals surface area contributed by atoms with E-state index in [-0.39, 0.29) is 0 Å². The van der Waals surface area contributed by atoms with Gasteiger partial charge >= 0.3 is 0 Å². The van der Waals surface area contributed by atoms with E-state index in [0.717, 1.165) is 91.2 Å². The van der Waals surface area contributed by atoms with Crippen molar-refractivity contribution in [3.63, 3.8) is 0 Å². The lowest BCUT2D eigenvalue weighted by Crippen LogP contribution is -2.13. The summed E-state index contributed by atoms with van der Waals surface area (Å²) >= 11 is 0. The highest BCUT2D eigenvalue weighted by Crippen LogP contribution is 2.44. The van der Waals surface area contributed by atoms with E-state index in [1.54, 1.807) is 28.4 Å². The van der Waals surface area contributed by atoms with Gasteiger partial charge < -0.3 is 38.5 Å². The molecule has 0 aliphatic carbocycles. The summed E-state index contributed by atoms with van der Waals surface area (Å²) in [6.07, 6.45) is 0. The van der Waals surface area contributed by atoms with E-state index in [4.69, 9.17) is 18.9 Å². The van der Waals surface area contributed by atoms with Gasteiger partial charge in [0.1, 0.15) is 23.0 Å². The Morgan fingerprint density at radius 3 is 0.591 bits per heavy atom. The first-order valence-corrected chi connectivity index (χ1v) is 21.7. The third-order valence-electron chi connectivity index (χ3n) is 11.4. The highest BCUT2D eigenvalue weighted by molar-refractivity contribution is 5.85. The van der Waals surface area contributed by atoms with Crippen molar-refractivity contribution in [3.05, 3.63) is 231 Å². The van der Waals surface area contributed by atoms with Crippen LogP contribution < -0.4 is 38.5 Å². The van der Waals surface area contributed by atoms with Gasteiger partial charge in [0.2, 0.25) is 0 Å². The van der Waals surface area contributed by atoms with Crippen LogP contribution in [0.1, 0.15) is 0 Å². The number of methoxy groups -OCH3 is 4. The summed E-state index contributed by atoms with van der Waals surface area (Å²) < 4.78 is 22.5. The van der Waals surface area contributed by atoms with Gasteiger partial charge in [0, 0.05) is 92.5 Å². The Kier molecular flexibility index (Phi) is 12.8. The van der Waals surface area contributed by atoms with Gasteiger partial charge in [-0.15, -0.1) is 0 Å². The number of para-hydroxylation sites is 2. The van der Waals surface area contributed by atoms with Crippen molar-refractivity contribution in [1.29, 1.82) is 0 Å². The third-order valence-corrected chi connectivity index (χ3v) is 11.4. The van der Waals surface area contributed by atoms with Gasteiger partial charge in [-0.25, -0.2) is 0 Å². The van der Waals surface area contributed by atoms with Gasteiger partial charge in [0.05, 0.1) is 28.4 Å². The zero-order valence-electron chi connectivity index (χ0n) is 37.4. The van der Waals surface area contributed by atoms with Crippen LogP contribution in [0.2, 0.25) is 0 Å². The second-order valence-corrected chi connectivity index (χ2v) is 15.4. The second-order valence-electron chi connectivity index (χ2n) is 15.4. The highest BCUT2D eigenvalue weighted by Gasteiger charge is 2.20. The summed E-state index contributed by atoms with van der Waals surface area (Å²) in [5, 5.41) is 0. The summed E-state index contributed by atoms with van der Waals surface area (Å²) in [5.74, 6) is 3.11. The van der Waals surface area contributed by atoms with Crippen LogP contribution in [0.25, 0.3) is 0 Å². The van der Waals surface area contributed by atoms with Crippen LogP contribution in [0.4, 0.5) is 68.2 Å². The van der Waals surface area contributed by atoms with Gasteiger partial charge in [0.25, 0.3) is 0 Å². The molecule has 0 aliphatic heterocycles. The summed E-state index contributed by atoms with van der Waals surface area (Å²) in [6, 6.07) is 79.3. The number of rotatable bonds is 16. The molecule has 0 bridgehead atoms. The molecule has 0 atom stereocenters. The van der Waals surface area contributed by atoms with E-state index < -0.39 is 0 Å². The number of benzene rings is 9. The highest BCUT2D eigenvalue weighted by atomic mass is 16.5. The van der Waals surface area contributed by atoms with E-state index in [1.807, 2.05) is 84.9 Å². The standard InChI is InChI=1S/C58H50N4O4/c1-63-55-23-11-19-51(39-55)61(52-20-12-24-56(40-52)64-2)49-35-31-47(32-36-49)59(43-15-7-5-8-16-43)45-27-29-46(30-28-45)60(44-17-9-6-10-18-44)48-33-37-50(38-34-48)62(53-21-13-25-57(41-53)65-3)54-22-14-26-58(42-54)66-4/h5-42H,1-4H3. The summed E-state index contributed by atoms with van der Waals surface area (Å²) in [7, 11) is 6.75. The van der Waals surface area contributed by atoms with Crippen LogP contribution in [0.15, 0.2) is 231 Å². The van der Waals surface area contributed by atoms with E-state index in [1.165, 1.54) is 0 Å². The molecular formula is C58H50N4O4. The Hall–Kier alpha value is -8.62. The second kappa shape index (κ2) is 19.8. The van der Waals surface area contributed by atoms with Crippen LogP contribution >= 0.6 is 0 Å². The van der Waals surface area contributed by atoms with Crippen molar-refractivity contribution in [2.75, 3.05) is 48.0 Å². The molecule has 0 aliphatic rings. The van der Waals surface area contributed by atoms with Crippen LogP contribution in [0, 0.1) is 0 Å². The molecule has 0 saturated heterocycles. The molecule has 8 nitrogen and oxygen atoms in total. The average Bonchev–Trinajstić information content (AvgIpc) is 3.39. The van der Waals surface area contributed by atoms with Gasteiger partial charge in [-0.2, -0.15) is 0 Å². The molecule has 0 heterocycles. The van der Waals surface area contributed by atoms with Crippen molar-refractivity contribution in [1.82, 2.24) is 0 Å². The molecule has 0 aromatic heterocycles. The van der Waals surface area contributed by atoms with Crippen molar-refractivity contribution in [2.24, 2.45) is 0 Å². The van der Waals surface area contributed by atoms with Gasteiger partial charge in [-0.1, -0.05) is 60.7 Å². The molecule has 0 saturated carbocycles. The first kappa shape index (κ1) is 42.7. The fourth-order valence-corrected chi connectivity index (χ4v) is 8.19. The van der Waals surface area contributed by atoms with Crippen LogP contribution in [-0.2, 0) is 0 Å². The van der Waals surface area contributed by atoms with E-state index in [2.05, 4.69) is 165 Å². The fraction of sp³-hybridized carbons (Fsp3) is 0.0690. The Balaban J connectivity index is 1.07. The van der Waals surface area contributed by atoms with Crippen LogP contribution in [0.3, 0.4) is 0 Å². The first-order chi connectivity index (χ1) is 32.5. The zero-order chi connectivity index (χ0) is 45.2. The summed E-state index contributed by atoms with van der Waals surface area (Å²) in [5.41, 5.74) is 12.0. The molecule has 66 heavy (non-hydrogen) atoms. The number of ether oxygens (including phenoxy) is 4. The molecule has 9 aromatic rings. The zero-order valence-corrected chi connectivity index (χ0v) is 37.4. The van der Waals surface area contributed by atoms with Crippen LogP contribution in [-0.4, -0.2) is 28.4 Å². The Labute approximate surface area is 387 Å². The molecule has 0 amide bonds. The minimum Gasteiger partial charge on any atom is -0.497 e. The van der Waals surface area contributed by atoms with E-state index >= 15 is 0 Å². The summed E-state index contributed by atoms with van der Waals surface area (Å²) in [6.45, 7) is 0. The van der Waals surface area contributed by atoms with Crippen molar-refractivity contribution >= 4 is 68.2 Å². The molecule has 326 valence electrons. The molecule has 0 fully saturated rings. The average molecular weight is 867 g/mol. The van der Waals surface area contributed by atoms with Crippen LogP contribution in [0.5, 0.6) is 23.0 Å². The fourth-order valence-electron chi connectivity index (χ4n) is 8.19. The number of anilines is 12. The van der Waals surface area contributed by atoms with E-state index in [0.29, 0.717) is 0 Å². The van der Waals surface area contributed by atoms with Gasteiger partial charge in [-0.3, -0.25) is 0 Å². The van der Waals surface area contributed by atoms with Crippen molar-refractivity contribution in [3.8, 4) is 23.0 Å². The molecule has 9 aromatic carbocycles. The lowest BCUT2D eigenvalue weighted by atomic mass is 10.1. The Bertz CT molecular complexity index is 2680. The maximum Gasteiger partial charge on any atom is 0.120 e. The predicted octanol–water partition coefficient (Wildman–Crippen LogP) is 15.6. The molecule has 0 radical (unpaired) electrons. The minimum atomic E-state index is 0.777. The molecular weight excluding hydrogens is 817 g/mol.